The first-order valence-corrected chi connectivity index (χ1v) is 21.1. The van der Waals surface area contributed by atoms with Gasteiger partial charge in [0.15, 0.2) is 0 Å². The number of hydrogen-bond acceptors (Lipinski definition) is 3. The fourth-order valence-corrected chi connectivity index (χ4v) is 10.5. The van der Waals surface area contributed by atoms with Crippen molar-refractivity contribution in [3.8, 4) is 33.8 Å². The van der Waals surface area contributed by atoms with Gasteiger partial charge < -0.3 is 10.1 Å². The first-order chi connectivity index (χ1) is 28.6. The molecular weight excluding hydrogens is 705 g/mol. The molecule has 0 bridgehead atoms. The molecule has 7 unspecified atom stereocenters. The normalized spacial score (nSPS) is 23.6. The molecule has 6 aromatic rings. The number of nitrogens with one attached hydrogen (secondary N) is 2. The summed E-state index contributed by atoms with van der Waals surface area (Å²) in [4.78, 5) is 0. The summed E-state index contributed by atoms with van der Waals surface area (Å²) < 4.78 is 6.92. The number of anilines is 1. The standard InChI is InChI=1S/C55H50N2O/c1-3-37(2)53(43-34-41(38-19-7-4-8-20-38)33-42(35-43)39-21-9-5-10-22-39)57-54(40-23-11-6-12-24-40)56-44-31-32-50-52(36-44)58-51-30-18-17-29-49(51)55(50)47-27-15-13-25-45(47)46-26-14-16-28-48(46)55/h4-37,45-48,53-54,56-57H,3H2,1-2H3. The number of benzene rings is 6. The van der Waals surface area contributed by atoms with Crippen LogP contribution in [-0.4, -0.2) is 0 Å². The van der Waals surface area contributed by atoms with Gasteiger partial charge in [-0.25, -0.2) is 0 Å². The highest BCUT2D eigenvalue weighted by Gasteiger charge is 2.62. The lowest BCUT2D eigenvalue weighted by atomic mass is 9.59. The topological polar surface area (TPSA) is 33.3 Å². The second-order valence-electron chi connectivity index (χ2n) is 16.5. The lowest BCUT2D eigenvalue weighted by molar-refractivity contribution is 0.310. The number of rotatable bonds is 10. The highest BCUT2D eigenvalue weighted by Crippen LogP contribution is 2.67. The highest BCUT2D eigenvalue weighted by atomic mass is 16.5. The number of ether oxygens (including phenoxy) is 1. The van der Waals surface area contributed by atoms with Gasteiger partial charge in [0, 0.05) is 34.3 Å². The minimum absolute atomic E-state index is 0.0579. The molecule has 6 aromatic carbocycles. The molecule has 1 aliphatic heterocycles. The predicted octanol–water partition coefficient (Wildman–Crippen LogP) is 13.6. The Kier molecular flexibility index (Phi) is 9.55. The molecule has 0 saturated heterocycles. The molecule has 10 rings (SSSR count). The molecule has 2 N–H and O–H groups in total. The van der Waals surface area contributed by atoms with Crippen LogP contribution in [0.4, 0.5) is 5.69 Å². The number of para-hydroxylation sites is 1. The summed E-state index contributed by atoms with van der Waals surface area (Å²) in [7, 11) is 0. The first-order valence-electron chi connectivity index (χ1n) is 21.1. The lowest BCUT2D eigenvalue weighted by Gasteiger charge is -2.45. The van der Waals surface area contributed by atoms with Crippen LogP contribution < -0.4 is 15.4 Å². The SMILES string of the molecule is CCC(C)C(NC(Nc1ccc2c(c1)Oc1ccccc1C21C2C=CC=CC2C2C=CC=CC21)c1ccccc1)c1cc(-c2ccccc2)cc(-c2ccccc2)c1. The summed E-state index contributed by atoms with van der Waals surface area (Å²) in [5.41, 5.74) is 10.7. The van der Waals surface area contributed by atoms with Crippen LogP contribution in [0.2, 0.25) is 0 Å². The highest BCUT2D eigenvalue weighted by molar-refractivity contribution is 5.74. The monoisotopic (exact) mass is 754 g/mol. The third-order valence-corrected chi connectivity index (χ3v) is 13.4. The van der Waals surface area contributed by atoms with E-state index in [-0.39, 0.29) is 17.6 Å². The van der Waals surface area contributed by atoms with Gasteiger partial charge in [0.05, 0.1) is 0 Å². The quantitative estimate of drug-likeness (QED) is 0.137. The van der Waals surface area contributed by atoms with E-state index < -0.39 is 0 Å². The van der Waals surface area contributed by atoms with Crippen LogP contribution in [0.15, 0.2) is 200 Å². The zero-order chi connectivity index (χ0) is 39.1. The Bertz CT molecular complexity index is 2440. The molecule has 1 fully saturated rings. The van der Waals surface area contributed by atoms with Gasteiger partial charge >= 0.3 is 0 Å². The Morgan fingerprint density at radius 2 is 1.09 bits per heavy atom. The van der Waals surface area contributed by atoms with Crippen molar-refractivity contribution in [1.29, 1.82) is 0 Å². The fourth-order valence-electron chi connectivity index (χ4n) is 10.5. The molecule has 0 radical (unpaired) electrons. The zero-order valence-electron chi connectivity index (χ0n) is 33.2. The summed E-state index contributed by atoms with van der Waals surface area (Å²) in [5.74, 6) is 3.70. The summed E-state index contributed by atoms with van der Waals surface area (Å²) in [5, 5.41) is 8.17. The molecule has 1 heterocycles. The molecule has 3 heteroatoms. The van der Waals surface area contributed by atoms with E-state index in [1.165, 1.54) is 44.5 Å². The van der Waals surface area contributed by atoms with Crippen LogP contribution in [-0.2, 0) is 5.41 Å². The molecule has 0 amide bonds. The minimum Gasteiger partial charge on any atom is -0.457 e. The van der Waals surface area contributed by atoms with Crippen molar-refractivity contribution in [3.05, 3.63) is 223 Å². The molecule has 0 aromatic heterocycles. The van der Waals surface area contributed by atoms with E-state index in [4.69, 9.17) is 4.74 Å². The Balaban J connectivity index is 1.05. The number of hydrogen-bond donors (Lipinski definition) is 2. The molecule has 4 aliphatic rings. The van der Waals surface area contributed by atoms with E-state index in [9.17, 15) is 0 Å². The summed E-state index contributed by atoms with van der Waals surface area (Å²) in [6.07, 6.45) is 19.6. The first kappa shape index (κ1) is 36.2. The van der Waals surface area contributed by atoms with Crippen molar-refractivity contribution >= 4 is 5.69 Å². The third kappa shape index (κ3) is 6.26. The van der Waals surface area contributed by atoms with Gasteiger partial charge in [0.2, 0.25) is 0 Å². The molecule has 58 heavy (non-hydrogen) atoms. The Hall–Kier alpha value is -6.16. The zero-order valence-corrected chi connectivity index (χ0v) is 33.2. The molecular formula is C55H50N2O. The molecule has 3 aliphatic carbocycles. The maximum absolute atomic E-state index is 6.92. The van der Waals surface area contributed by atoms with Crippen LogP contribution in [0.5, 0.6) is 11.5 Å². The van der Waals surface area contributed by atoms with E-state index in [1.54, 1.807) is 0 Å². The molecule has 3 nitrogen and oxygen atoms in total. The maximum atomic E-state index is 6.92. The fraction of sp³-hybridized carbons (Fsp3) is 0.200. The maximum Gasteiger partial charge on any atom is 0.133 e. The van der Waals surface area contributed by atoms with Crippen molar-refractivity contribution in [1.82, 2.24) is 5.32 Å². The van der Waals surface area contributed by atoms with Crippen LogP contribution in [0.25, 0.3) is 22.3 Å². The van der Waals surface area contributed by atoms with E-state index in [1.807, 2.05) is 0 Å². The van der Waals surface area contributed by atoms with Gasteiger partial charge in [0.25, 0.3) is 0 Å². The summed E-state index contributed by atoms with van der Waals surface area (Å²) >= 11 is 0. The largest absolute Gasteiger partial charge is 0.457 e. The Morgan fingerprint density at radius 1 is 0.534 bits per heavy atom. The van der Waals surface area contributed by atoms with Crippen molar-refractivity contribution < 1.29 is 4.74 Å². The molecule has 1 spiro atoms. The van der Waals surface area contributed by atoms with E-state index in [0.29, 0.717) is 29.6 Å². The van der Waals surface area contributed by atoms with E-state index >= 15 is 0 Å². The van der Waals surface area contributed by atoms with Crippen LogP contribution in [0.3, 0.4) is 0 Å². The Morgan fingerprint density at radius 3 is 1.71 bits per heavy atom. The van der Waals surface area contributed by atoms with Gasteiger partial charge in [-0.3, -0.25) is 5.32 Å². The molecule has 1 saturated carbocycles. The summed E-state index contributed by atoms with van der Waals surface area (Å²) in [6, 6.07) is 55.2. The van der Waals surface area contributed by atoms with Gasteiger partial charge in [-0.05, 0) is 93.3 Å². The molecule has 286 valence electrons. The molecule has 7 atom stereocenters. The van der Waals surface area contributed by atoms with Crippen molar-refractivity contribution in [2.75, 3.05) is 5.32 Å². The number of fused-ring (bicyclic) bond motifs is 9. The average molecular weight is 755 g/mol. The smallest absolute Gasteiger partial charge is 0.133 e. The van der Waals surface area contributed by atoms with Gasteiger partial charge in [0.1, 0.15) is 17.7 Å². The number of allylic oxidation sites excluding steroid dienone is 8. The Labute approximate surface area is 343 Å². The third-order valence-electron chi connectivity index (χ3n) is 13.4. The van der Waals surface area contributed by atoms with Crippen molar-refractivity contribution in [2.24, 2.45) is 29.6 Å². The minimum atomic E-state index is -0.250. The second kappa shape index (κ2) is 15.3. The van der Waals surface area contributed by atoms with Gasteiger partial charge in [-0.1, -0.05) is 184 Å². The van der Waals surface area contributed by atoms with Crippen LogP contribution in [0.1, 0.15) is 54.7 Å². The predicted molar refractivity (Wildman–Crippen MR) is 240 cm³/mol. The van der Waals surface area contributed by atoms with Crippen molar-refractivity contribution in [3.63, 3.8) is 0 Å². The lowest BCUT2D eigenvalue weighted by Crippen LogP contribution is -2.41. The van der Waals surface area contributed by atoms with Crippen molar-refractivity contribution in [2.45, 2.75) is 37.9 Å². The van der Waals surface area contributed by atoms with Crippen LogP contribution in [0, 0.1) is 29.6 Å². The van der Waals surface area contributed by atoms with E-state index in [2.05, 4.69) is 225 Å². The average Bonchev–Trinajstić information content (AvgIpc) is 3.58. The van der Waals surface area contributed by atoms with Gasteiger partial charge in [-0.2, -0.15) is 0 Å². The second-order valence-corrected chi connectivity index (χ2v) is 16.5. The van der Waals surface area contributed by atoms with Crippen LogP contribution >= 0.6 is 0 Å². The van der Waals surface area contributed by atoms with Gasteiger partial charge in [-0.15, -0.1) is 0 Å². The van der Waals surface area contributed by atoms with E-state index in [0.717, 1.165) is 23.6 Å². The summed E-state index contributed by atoms with van der Waals surface area (Å²) in [6.45, 7) is 4.66.